The molecule has 0 fully saturated rings. The van der Waals surface area contributed by atoms with Gasteiger partial charge in [-0.05, 0) is 31.4 Å². The largest absolute Gasteiger partial charge is 0.328 e. The zero-order chi connectivity index (χ0) is 12.0. The summed E-state index contributed by atoms with van der Waals surface area (Å²) in [5, 5.41) is 0. The standard InChI is InChI=1S/C14H21NO/c1-3-5-12-6-4-7-13(10-12)14(16)9-8-11(2)15/h4,6-7,10-11H,3,5,8-9,15H2,1-2H3. The van der Waals surface area contributed by atoms with Crippen LogP contribution >= 0.6 is 0 Å². The fourth-order valence-electron chi connectivity index (χ4n) is 1.69. The average Bonchev–Trinajstić information content (AvgIpc) is 2.26. The predicted octanol–water partition coefficient (Wildman–Crippen LogP) is 2.95. The van der Waals surface area contributed by atoms with E-state index < -0.39 is 0 Å². The van der Waals surface area contributed by atoms with Crippen LogP contribution in [0.5, 0.6) is 0 Å². The van der Waals surface area contributed by atoms with Crippen LogP contribution in [-0.4, -0.2) is 11.8 Å². The number of hydrogen-bond acceptors (Lipinski definition) is 2. The van der Waals surface area contributed by atoms with Gasteiger partial charge in [0.15, 0.2) is 5.78 Å². The van der Waals surface area contributed by atoms with Gasteiger partial charge in [0.1, 0.15) is 0 Å². The molecule has 2 N–H and O–H groups in total. The Labute approximate surface area is 97.9 Å². The summed E-state index contributed by atoms with van der Waals surface area (Å²) in [4.78, 5) is 11.9. The van der Waals surface area contributed by atoms with Crippen LogP contribution in [0.15, 0.2) is 24.3 Å². The minimum atomic E-state index is 0.0998. The molecule has 0 radical (unpaired) electrons. The molecule has 2 nitrogen and oxygen atoms in total. The van der Waals surface area contributed by atoms with E-state index in [4.69, 9.17) is 5.73 Å². The fourth-order valence-corrected chi connectivity index (χ4v) is 1.69. The highest BCUT2D eigenvalue weighted by molar-refractivity contribution is 5.96. The molecule has 0 aliphatic heterocycles. The maximum atomic E-state index is 11.9. The summed E-state index contributed by atoms with van der Waals surface area (Å²) in [6, 6.07) is 8.04. The molecule has 0 amide bonds. The van der Waals surface area contributed by atoms with Gasteiger partial charge in [0.2, 0.25) is 0 Å². The van der Waals surface area contributed by atoms with Crippen molar-refractivity contribution in [2.45, 2.75) is 45.6 Å². The Hall–Kier alpha value is -1.15. The molecule has 0 saturated carbocycles. The van der Waals surface area contributed by atoms with E-state index >= 15 is 0 Å². The van der Waals surface area contributed by atoms with Crippen LogP contribution in [0.1, 0.15) is 49.0 Å². The number of carbonyl (C=O) groups excluding carboxylic acids is 1. The zero-order valence-electron chi connectivity index (χ0n) is 10.2. The Balaban J connectivity index is 2.64. The zero-order valence-corrected chi connectivity index (χ0v) is 10.2. The smallest absolute Gasteiger partial charge is 0.162 e. The van der Waals surface area contributed by atoms with Gasteiger partial charge in [-0.15, -0.1) is 0 Å². The number of benzene rings is 1. The van der Waals surface area contributed by atoms with Crippen LogP contribution < -0.4 is 5.73 Å². The van der Waals surface area contributed by atoms with Gasteiger partial charge >= 0.3 is 0 Å². The van der Waals surface area contributed by atoms with Gasteiger partial charge in [0, 0.05) is 18.0 Å². The first-order valence-corrected chi connectivity index (χ1v) is 6.01. The van der Waals surface area contributed by atoms with Crippen LogP contribution in [0, 0.1) is 0 Å². The summed E-state index contributed by atoms with van der Waals surface area (Å²) < 4.78 is 0. The van der Waals surface area contributed by atoms with E-state index in [1.165, 1.54) is 5.56 Å². The van der Waals surface area contributed by atoms with E-state index in [1.54, 1.807) is 0 Å². The normalized spacial score (nSPS) is 12.4. The molecule has 16 heavy (non-hydrogen) atoms. The van der Waals surface area contributed by atoms with E-state index in [-0.39, 0.29) is 11.8 Å². The molecule has 0 spiro atoms. The second-order valence-electron chi connectivity index (χ2n) is 4.39. The van der Waals surface area contributed by atoms with Gasteiger partial charge in [0.25, 0.3) is 0 Å². The minimum Gasteiger partial charge on any atom is -0.328 e. The molecule has 2 heteroatoms. The lowest BCUT2D eigenvalue weighted by Crippen LogP contribution is -2.16. The summed E-state index contributed by atoms with van der Waals surface area (Å²) >= 11 is 0. The van der Waals surface area contributed by atoms with Crippen molar-refractivity contribution in [2.24, 2.45) is 5.73 Å². The topological polar surface area (TPSA) is 43.1 Å². The molecule has 0 bridgehead atoms. The van der Waals surface area contributed by atoms with Crippen molar-refractivity contribution in [2.75, 3.05) is 0 Å². The van der Waals surface area contributed by atoms with E-state index in [1.807, 2.05) is 25.1 Å². The molecule has 1 atom stereocenters. The first-order chi connectivity index (χ1) is 7.63. The summed E-state index contributed by atoms with van der Waals surface area (Å²) in [5.41, 5.74) is 7.71. The first-order valence-electron chi connectivity index (χ1n) is 6.01. The highest BCUT2D eigenvalue weighted by atomic mass is 16.1. The number of aryl methyl sites for hydroxylation is 1. The molecule has 1 rings (SSSR count). The van der Waals surface area contributed by atoms with Crippen LogP contribution in [0.3, 0.4) is 0 Å². The summed E-state index contributed by atoms with van der Waals surface area (Å²) in [6.45, 7) is 4.07. The number of ketones is 1. The Morgan fingerprint density at radius 3 is 2.81 bits per heavy atom. The van der Waals surface area contributed by atoms with Gasteiger partial charge in [-0.25, -0.2) is 0 Å². The maximum absolute atomic E-state index is 11.9. The molecule has 1 aromatic carbocycles. The van der Waals surface area contributed by atoms with Gasteiger partial charge in [0.05, 0.1) is 0 Å². The number of hydrogen-bond donors (Lipinski definition) is 1. The van der Waals surface area contributed by atoms with E-state index in [9.17, 15) is 4.79 Å². The van der Waals surface area contributed by atoms with Gasteiger partial charge in [-0.2, -0.15) is 0 Å². The average molecular weight is 219 g/mol. The third-order valence-electron chi connectivity index (χ3n) is 2.61. The van der Waals surface area contributed by atoms with Crippen LogP contribution in [0.2, 0.25) is 0 Å². The monoisotopic (exact) mass is 219 g/mol. The Morgan fingerprint density at radius 2 is 2.19 bits per heavy atom. The molecule has 0 heterocycles. The summed E-state index contributed by atoms with van der Waals surface area (Å²) in [6.07, 6.45) is 3.45. The van der Waals surface area contributed by atoms with E-state index in [2.05, 4.69) is 13.0 Å². The SMILES string of the molecule is CCCc1cccc(C(=O)CCC(C)N)c1. The molecule has 0 aliphatic rings. The molecule has 1 unspecified atom stereocenters. The molecule has 1 aromatic rings. The third-order valence-corrected chi connectivity index (χ3v) is 2.61. The maximum Gasteiger partial charge on any atom is 0.162 e. The fraction of sp³-hybridized carbons (Fsp3) is 0.500. The molecule has 0 aliphatic carbocycles. The van der Waals surface area contributed by atoms with Crippen molar-refractivity contribution in [3.63, 3.8) is 0 Å². The van der Waals surface area contributed by atoms with Gasteiger partial charge < -0.3 is 5.73 Å². The second kappa shape index (κ2) is 6.44. The molecular weight excluding hydrogens is 198 g/mol. The van der Waals surface area contributed by atoms with Crippen molar-refractivity contribution in [3.05, 3.63) is 35.4 Å². The summed E-state index contributed by atoms with van der Waals surface area (Å²) in [7, 11) is 0. The second-order valence-corrected chi connectivity index (χ2v) is 4.39. The summed E-state index contributed by atoms with van der Waals surface area (Å²) in [5.74, 6) is 0.204. The minimum absolute atomic E-state index is 0.0998. The molecule has 88 valence electrons. The van der Waals surface area contributed by atoms with Crippen LogP contribution in [0.25, 0.3) is 0 Å². The van der Waals surface area contributed by atoms with E-state index in [0.717, 1.165) is 24.8 Å². The highest BCUT2D eigenvalue weighted by Gasteiger charge is 2.07. The van der Waals surface area contributed by atoms with E-state index in [0.29, 0.717) is 6.42 Å². The molecular formula is C14H21NO. The number of Topliss-reactive ketones (excluding diaryl/α,β-unsaturated/α-hetero) is 1. The number of nitrogens with two attached hydrogens (primary N) is 1. The highest BCUT2D eigenvalue weighted by Crippen LogP contribution is 2.11. The van der Waals surface area contributed by atoms with Crippen molar-refractivity contribution < 1.29 is 4.79 Å². The van der Waals surface area contributed by atoms with Crippen LogP contribution in [-0.2, 0) is 6.42 Å². The van der Waals surface area contributed by atoms with Crippen molar-refractivity contribution >= 4 is 5.78 Å². The lowest BCUT2D eigenvalue weighted by atomic mass is 10.0. The number of rotatable bonds is 6. The van der Waals surface area contributed by atoms with Gasteiger partial charge in [-0.1, -0.05) is 31.5 Å². The Morgan fingerprint density at radius 1 is 1.44 bits per heavy atom. The van der Waals surface area contributed by atoms with Gasteiger partial charge in [-0.3, -0.25) is 4.79 Å². The lowest BCUT2D eigenvalue weighted by molar-refractivity contribution is 0.0978. The molecule has 0 aromatic heterocycles. The van der Waals surface area contributed by atoms with Crippen molar-refractivity contribution in [3.8, 4) is 0 Å². The Bertz CT molecular complexity index is 344. The number of carbonyl (C=O) groups is 1. The lowest BCUT2D eigenvalue weighted by Gasteiger charge is -2.05. The predicted molar refractivity (Wildman–Crippen MR) is 67.7 cm³/mol. The first kappa shape index (κ1) is 12.9. The Kier molecular flexibility index (Phi) is 5.20. The quantitative estimate of drug-likeness (QED) is 0.747. The third kappa shape index (κ3) is 4.15. The van der Waals surface area contributed by atoms with Crippen LogP contribution in [0.4, 0.5) is 0 Å². The van der Waals surface area contributed by atoms with Crippen molar-refractivity contribution in [1.29, 1.82) is 0 Å². The van der Waals surface area contributed by atoms with Crippen molar-refractivity contribution in [1.82, 2.24) is 0 Å². The molecule has 0 saturated heterocycles.